The Kier molecular flexibility index (Phi) is 5.29. The van der Waals surface area contributed by atoms with E-state index in [-0.39, 0.29) is 6.10 Å². The van der Waals surface area contributed by atoms with Gasteiger partial charge in [-0.2, -0.15) is 4.98 Å². The van der Waals surface area contributed by atoms with Crippen LogP contribution in [0.2, 0.25) is 0 Å². The largest absolute Gasteiger partial charge is 0.497 e. The van der Waals surface area contributed by atoms with Crippen LogP contribution in [0, 0.1) is 0 Å². The first kappa shape index (κ1) is 17.5. The van der Waals surface area contributed by atoms with Gasteiger partial charge in [-0.05, 0) is 49.2 Å². The van der Waals surface area contributed by atoms with Gasteiger partial charge in [0.15, 0.2) is 0 Å². The molecule has 0 radical (unpaired) electrons. The summed E-state index contributed by atoms with van der Waals surface area (Å²) in [6.45, 7) is 2.51. The lowest BCUT2D eigenvalue weighted by Crippen LogP contribution is -2.37. The van der Waals surface area contributed by atoms with Crippen molar-refractivity contribution < 1.29 is 14.0 Å². The summed E-state index contributed by atoms with van der Waals surface area (Å²) in [7, 11) is 1.66. The number of methoxy groups -OCH3 is 1. The van der Waals surface area contributed by atoms with Crippen LogP contribution in [0.3, 0.4) is 0 Å². The normalized spacial score (nSPS) is 15.6. The Morgan fingerprint density at radius 1 is 1.07 bits per heavy atom. The van der Waals surface area contributed by atoms with Gasteiger partial charge >= 0.3 is 0 Å². The molecule has 1 fully saturated rings. The second kappa shape index (κ2) is 8.18. The number of hydrogen-bond acceptors (Lipinski definition) is 7. The number of nitrogens with zero attached hydrogens (tertiary/aromatic N) is 4. The highest BCUT2D eigenvalue weighted by atomic mass is 16.5. The van der Waals surface area contributed by atoms with Crippen molar-refractivity contribution in [3.05, 3.63) is 54.6 Å². The van der Waals surface area contributed by atoms with Crippen molar-refractivity contribution in [1.29, 1.82) is 0 Å². The molecule has 0 saturated carbocycles. The van der Waals surface area contributed by atoms with Crippen LogP contribution in [0.15, 0.2) is 53.2 Å². The Balaban J connectivity index is 1.27. The highest BCUT2D eigenvalue weighted by molar-refractivity contribution is 5.46. The van der Waals surface area contributed by atoms with Crippen LogP contribution in [-0.4, -0.2) is 46.3 Å². The van der Waals surface area contributed by atoms with Gasteiger partial charge in [-0.25, -0.2) is 0 Å². The SMILES string of the molecule is COc1ccc(OC2CCN(Cc3nc(-c4ccccn4)no3)CC2)cc1. The molecule has 0 atom stereocenters. The first-order chi connectivity index (χ1) is 13.3. The molecule has 1 aliphatic heterocycles. The average Bonchev–Trinajstić information content (AvgIpc) is 3.19. The second-order valence-corrected chi connectivity index (χ2v) is 6.50. The Labute approximate surface area is 157 Å². The minimum Gasteiger partial charge on any atom is -0.497 e. The number of pyridine rings is 1. The molecule has 1 aromatic carbocycles. The van der Waals surface area contributed by atoms with E-state index in [4.69, 9.17) is 14.0 Å². The van der Waals surface area contributed by atoms with E-state index in [0.29, 0.717) is 18.3 Å². The molecule has 0 aliphatic carbocycles. The van der Waals surface area contributed by atoms with Crippen molar-refractivity contribution in [2.75, 3.05) is 20.2 Å². The van der Waals surface area contributed by atoms with Crippen molar-refractivity contribution >= 4 is 0 Å². The lowest BCUT2D eigenvalue weighted by atomic mass is 10.1. The molecule has 0 unspecified atom stereocenters. The fourth-order valence-electron chi connectivity index (χ4n) is 3.14. The Morgan fingerprint density at radius 2 is 1.85 bits per heavy atom. The van der Waals surface area contributed by atoms with Crippen LogP contribution < -0.4 is 9.47 Å². The molecular weight excluding hydrogens is 344 g/mol. The molecule has 1 saturated heterocycles. The van der Waals surface area contributed by atoms with Crippen molar-refractivity contribution in [1.82, 2.24) is 20.0 Å². The second-order valence-electron chi connectivity index (χ2n) is 6.50. The molecule has 1 aliphatic rings. The Bertz CT molecular complexity index is 843. The highest BCUT2D eigenvalue weighted by Crippen LogP contribution is 2.22. The van der Waals surface area contributed by atoms with Crippen LogP contribution >= 0.6 is 0 Å². The van der Waals surface area contributed by atoms with Gasteiger partial charge in [0.25, 0.3) is 0 Å². The lowest BCUT2D eigenvalue weighted by Gasteiger charge is -2.31. The number of ether oxygens (including phenoxy) is 2. The third-order valence-electron chi connectivity index (χ3n) is 4.62. The predicted octanol–water partition coefficient (Wildman–Crippen LogP) is 3.18. The first-order valence-electron chi connectivity index (χ1n) is 9.07. The monoisotopic (exact) mass is 366 g/mol. The van der Waals surface area contributed by atoms with Crippen LogP contribution in [-0.2, 0) is 6.54 Å². The molecule has 0 bridgehead atoms. The van der Waals surface area contributed by atoms with E-state index < -0.39 is 0 Å². The average molecular weight is 366 g/mol. The molecule has 27 heavy (non-hydrogen) atoms. The van der Waals surface area contributed by atoms with Crippen molar-refractivity contribution in [2.45, 2.75) is 25.5 Å². The van der Waals surface area contributed by atoms with Gasteiger partial charge < -0.3 is 14.0 Å². The number of benzene rings is 1. The summed E-state index contributed by atoms with van der Waals surface area (Å²) in [5.41, 5.74) is 0.721. The topological polar surface area (TPSA) is 73.5 Å². The minimum atomic E-state index is 0.224. The molecule has 140 valence electrons. The van der Waals surface area contributed by atoms with E-state index in [2.05, 4.69) is 20.0 Å². The highest BCUT2D eigenvalue weighted by Gasteiger charge is 2.22. The van der Waals surface area contributed by atoms with E-state index in [1.54, 1.807) is 13.3 Å². The fraction of sp³-hybridized carbons (Fsp3) is 0.350. The van der Waals surface area contributed by atoms with E-state index in [0.717, 1.165) is 43.1 Å². The number of likely N-dealkylation sites (tertiary alicyclic amines) is 1. The predicted molar refractivity (Wildman–Crippen MR) is 99.5 cm³/mol. The quantitative estimate of drug-likeness (QED) is 0.663. The standard InChI is InChI=1S/C20H22N4O3/c1-25-15-5-7-16(8-6-15)26-17-9-12-24(13-10-17)14-19-22-20(23-27-19)18-4-2-3-11-21-18/h2-8,11,17H,9-10,12-14H2,1H3. The number of hydrogen-bond donors (Lipinski definition) is 0. The van der Waals surface area contributed by atoms with Crippen LogP contribution in [0.25, 0.3) is 11.5 Å². The van der Waals surface area contributed by atoms with Gasteiger partial charge in [0, 0.05) is 19.3 Å². The zero-order valence-electron chi connectivity index (χ0n) is 15.2. The molecule has 7 heteroatoms. The van der Waals surface area contributed by atoms with Crippen LogP contribution in [0.4, 0.5) is 0 Å². The van der Waals surface area contributed by atoms with E-state index in [1.165, 1.54) is 0 Å². The van der Waals surface area contributed by atoms with Crippen LogP contribution in [0.5, 0.6) is 11.5 Å². The first-order valence-corrected chi connectivity index (χ1v) is 9.07. The van der Waals surface area contributed by atoms with Crippen LogP contribution in [0.1, 0.15) is 18.7 Å². The Hall–Kier alpha value is -2.93. The van der Waals surface area contributed by atoms with Gasteiger partial charge in [0.1, 0.15) is 23.3 Å². The lowest BCUT2D eigenvalue weighted by molar-refractivity contribution is 0.0904. The van der Waals surface area contributed by atoms with Gasteiger partial charge in [-0.15, -0.1) is 0 Å². The van der Waals surface area contributed by atoms with E-state index >= 15 is 0 Å². The maximum absolute atomic E-state index is 6.07. The molecule has 0 spiro atoms. The smallest absolute Gasteiger partial charge is 0.241 e. The maximum Gasteiger partial charge on any atom is 0.241 e. The van der Waals surface area contributed by atoms with Gasteiger partial charge in [0.05, 0.1) is 13.7 Å². The number of aromatic nitrogens is 3. The number of rotatable bonds is 6. The molecular formula is C20H22N4O3. The zero-order chi connectivity index (χ0) is 18.5. The summed E-state index contributed by atoms with van der Waals surface area (Å²) in [4.78, 5) is 11.0. The summed E-state index contributed by atoms with van der Waals surface area (Å²) in [5, 5.41) is 4.03. The van der Waals surface area contributed by atoms with Crippen molar-refractivity contribution in [2.24, 2.45) is 0 Å². The van der Waals surface area contributed by atoms with Gasteiger partial charge in [-0.1, -0.05) is 11.2 Å². The minimum absolute atomic E-state index is 0.224. The summed E-state index contributed by atoms with van der Waals surface area (Å²) >= 11 is 0. The molecule has 4 rings (SSSR count). The van der Waals surface area contributed by atoms with Gasteiger partial charge in [-0.3, -0.25) is 9.88 Å². The third kappa shape index (κ3) is 4.43. The maximum atomic E-state index is 6.07. The third-order valence-corrected chi connectivity index (χ3v) is 4.62. The molecule has 0 amide bonds. The number of piperidine rings is 1. The Morgan fingerprint density at radius 3 is 2.56 bits per heavy atom. The molecule has 3 heterocycles. The molecule has 3 aromatic rings. The molecule has 7 nitrogen and oxygen atoms in total. The van der Waals surface area contributed by atoms with Gasteiger partial charge in [0.2, 0.25) is 11.7 Å². The van der Waals surface area contributed by atoms with Crippen molar-refractivity contribution in [3.63, 3.8) is 0 Å². The molecule has 2 aromatic heterocycles. The van der Waals surface area contributed by atoms with E-state index in [1.807, 2.05) is 42.5 Å². The molecule has 0 N–H and O–H groups in total. The fourth-order valence-corrected chi connectivity index (χ4v) is 3.14. The summed E-state index contributed by atoms with van der Waals surface area (Å²) in [5.74, 6) is 2.86. The summed E-state index contributed by atoms with van der Waals surface area (Å²) in [6, 6.07) is 13.4. The van der Waals surface area contributed by atoms with E-state index in [9.17, 15) is 0 Å². The summed E-state index contributed by atoms with van der Waals surface area (Å²) < 4.78 is 16.6. The zero-order valence-corrected chi connectivity index (χ0v) is 15.2. The summed E-state index contributed by atoms with van der Waals surface area (Å²) in [6.07, 6.45) is 3.88. The van der Waals surface area contributed by atoms with Crippen molar-refractivity contribution in [3.8, 4) is 23.0 Å².